The summed E-state index contributed by atoms with van der Waals surface area (Å²) in [6.45, 7) is 1.97. The average molecular weight is 372 g/mol. The fourth-order valence-electron chi connectivity index (χ4n) is 3.63. The van der Waals surface area contributed by atoms with E-state index in [4.69, 9.17) is 4.74 Å². The Morgan fingerprint density at radius 1 is 1.04 bits per heavy atom. The number of ether oxygens (including phenoxy) is 1. The molecule has 0 saturated carbocycles. The van der Waals surface area contributed by atoms with E-state index in [0.717, 1.165) is 11.1 Å². The zero-order chi connectivity index (χ0) is 19.6. The molecule has 0 radical (unpaired) electrons. The first kappa shape index (κ1) is 17.8. The maximum atomic E-state index is 12.1. The highest BCUT2D eigenvalue weighted by molar-refractivity contribution is 6.04. The smallest absolute Gasteiger partial charge is 0.343 e. The molecule has 2 heterocycles. The number of aromatic nitrogens is 1. The number of hydrogen-bond acceptors (Lipinski definition) is 4. The van der Waals surface area contributed by atoms with Crippen LogP contribution in [0.1, 0.15) is 28.4 Å². The Balaban J connectivity index is 1.89. The molecule has 0 bridgehead atoms. The van der Waals surface area contributed by atoms with Crippen molar-refractivity contribution in [1.29, 1.82) is 0 Å². The molecule has 0 saturated heterocycles. The number of carbonyl (C=O) groups excluding carboxylic acids is 1. The highest BCUT2D eigenvalue weighted by Gasteiger charge is 2.42. The summed E-state index contributed by atoms with van der Waals surface area (Å²) in [5.74, 6) is -0.148. The van der Waals surface area contributed by atoms with Gasteiger partial charge in [-0.05, 0) is 30.2 Å². The lowest BCUT2D eigenvalue weighted by Crippen LogP contribution is -2.37. The van der Waals surface area contributed by atoms with Crippen LogP contribution in [0.5, 0.6) is 5.88 Å². The number of benzene rings is 2. The first-order chi connectivity index (χ1) is 13.7. The third-order valence-electron chi connectivity index (χ3n) is 4.92. The Morgan fingerprint density at radius 3 is 2.21 bits per heavy atom. The Morgan fingerprint density at radius 2 is 1.64 bits per heavy atom. The molecule has 4 rings (SSSR count). The lowest BCUT2D eigenvalue weighted by molar-refractivity contribution is 0.0523. The Bertz CT molecular complexity index is 1010. The molecule has 1 aromatic heterocycles. The number of allylic oxidation sites excluding steroid dienone is 1. The topological polar surface area (TPSA) is 63.8 Å². The minimum absolute atomic E-state index is 0.117. The van der Waals surface area contributed by atoms with Crippen LogP contribution in [0.25, 0.3) is 0 Å². The Hall–Kier alpha value is -3.60. The van der Waals surface area contributed by atoms with Crippen molar-refractivity contribution in [2.45, 2.75) is 12.3 Å². The first-order valence-corrected chi connectivity index (χ1v) is 9.13. The molecule has 0 atom stereocenters. The molecule has 3 aromatic rings. The van der Waals surface area contributed by atoms with E-state index in [1.165, 1.54) is 0 Å². The van der Waals surface area contributed by atoms with Gasteiger partial charge in [0.05, 0.1) is 12.0 Å². The number of carbonyl (C=O) groups is 1. The molecule has 1 aliphatic rings. The van der Waals surface area contributed by atoms with Crippen molar-refractivity contribution < 1.29 is 14.6 Å². The number of aromatic hydroxyl groups is 1. The van der Waals surface area contributed by atoms with Gasteiger partial charge in [0.15, 0.2) is 0 Å². The van der Waals surface area contributed by atoms with E-state index in [0.29, 0.717) is 5.84 Å². The molecule has 1 N–H and O–H groups in total. The highest BCUT2D eigenvalue weighted by Crippen LogP contribution is 2.40. The molecule has 5 heteroatoms. The summed E-state index contributed by atoms with van der Waals surface area (Å²) in [6.07, 6.45) is 5.39. The van der Waals surface area contributed by atoms with Crippen molar-refractivity contribution in [3.63, 3.8) is 0 Å². The zero-order valence-electron chi connectivity index (χ0n) is 15.4. The van der Waals surface area contributed by atoms with Gasteiger partial charge in [-0.1, -0.05) is 60.7 Å². The summed E-state index contributed by atoms with van der Waals surface area (Å²) in [6, 6.07) is 21.5. The van der Waals surface area contributed by atoms with E-state index < -0.39 is 11.4 Å². The van der Waals surface area contributed by atoms with Gasteiger partial charge in [0.1, 0.15) is 11.4 Å². The molecule has 2 aromatic carbocycles. The van der Waals surface area contributed by atoms with E-state index in [2.05, 4.69) is 4.99 Å². The predicted octanol–water partition coefficient (Wildman–Crippen LogP) is 4.13. The Kier molecular flexibility index (Phi) is 4.57. The molecule has 0 amide bonds. The van der Waals surface area contributed by atoms with E-state index in [9.17, 15) is 9.90 Å². The first-order valence-electron chi connectivity index (χ1n) is 9.13. The number of rotatable bonds is 4. The lowest BCUT2D eigenvalue weighted by atomic mass is 9.74. The molecule has 0 spiro atoms. The second-order valence-electron chi connectivity index (χ2n) is 6.45. The van der Waals surface area contributed by atoms with Crippen LogP contribution in [0.2, 0.25) is 0 Å². The maximum Gasteiger partial charge on any atom is 0.343 e. The number of esters is 1. The number of aliphatic imine (C=N–C) groups is 1. The van der Waals surface area contributed by atoms with Crippen LogP contribution in [0, 0.1) is 0 Å². The van der Waals surface area contributed by atoms with Crippen LogP contribution in [0.4, 0.5) is 0 Å². The molecule has 1 aliphatic heterocycles. The van der Waals surface area contributed by atoms with Crippen molar-refractivity contribution in [3.8, 4) is 5.88 Å². The normalized spacial score (nSPS) is 14.7. The fourth-order valence-corrected chi connectivity index (χ4v) is 3.63. The van der Waals surface area contributed by atoms with E-state index in [-0.39, 0.29) is 18.1 Å². The molecule has 28 heavy (non-hydrogen) atoms. The van der Waals surface area contributed by atoms with Gasteiger partial charge in [0.2, 0.25) is 5.88 Å². The highest BCUT2D eigenvalue weighted by atomic mass is 16.5. The second kappa shape index (κ2) is 7.19. The molecular weight excluding hydrogens is 352 g/mol. The van der Waals surface area contributed by atoms with Crippen molar-refractivity contribution in [2.75, 3.05) is 6.61 Å². The third-order valence-corrected chi connectivity index (χ3v) is 4.92. The van der Waals surface area contributed by atoms with Crippen LogP contribution in [0.15, 0.2) is 90.2 Å². The standard InChI is InChI=1S/C23H20N2O3/c1-2-28-21(27)19-13-16-25(20(19)26)22-23(14-15-24-22,17-9-5-3-6-10-17)18-11-7-4-8-12-18/h3-16,26H,2H2,1H3. The minimum Gasteiger partial charge on any atom is -0.494 e. The van der Waals surface area contributed by atoms with E-state index in [1.54, 1.807) is 30.0 Å². The zero-order valence-corrected chi connectivity index (χ0v) is 15.4. The van der Waals surface area contributed by atoms with Crippen LogP contribution in [0.3, 0.4) is 0 Å². The molecule has 140 valence electrons. The quantitative estimate of drug-likeness (QED) is 0.701. The summed E-state index contributed by atoms with van der Waals surface area (Å²) in [4.78, 5) is 16.7. The van der Waals surface area contributed by atoms with Crippen LogP contribution >= 0.6 is 0 Å². The van der Waals surface area contributed by atoms with Gasteiger partial charge >= 0.3 is 5.97 Å². The predicted molar refractivity (Wildman–Crippen MR) is 108 cm³/mol. The fraction of sp³-hybridized carbons (Fsp3) is 0.130. The SMILES string of the molecule is CCOC(=O)c1ccn(C2=NC=CC2(c2ccccc2)c2ccccc2)c1O. The van der Waals surface area contributed by atoms with Crippen LogP contribution < -0.4 is 0 Å². The second-order valence-corrected chi connectivity index (χ2v) is 6.45. The molecular formula is C23H20N2O3. The number of nitrogens with zero attached hydrogens (tertiary/aromatic N) is 2. The molecule has 0 fully saturated rings. The monoisotopic (exact) mass is 372 g/mol. The van der Waals surface area contributed by atoms with Crippen molar-refractivity contribution in [1.82, 2.24) is 4.57 Å². The van der Waals surface area contributed by atoms with E-state index in [1.807, 2.05) is 66.7 Å². The van der Waals surface area contributed by atoms with Crippen molar-refractivity contribution in [2.24, 2.45) is 4.99 Å². The number of hydrogen-bond donors (Lipinski definition) is 1. The lowest BCUT2D eigenvalue weighted by Gasteiger charge is -2.31. The van der Waals surface area contributed by atoms with Gasteiger partial charge in [-0.25, -0.2) is 9.79 Å². The largest absolute Gasteiger partial charge is 0.494 e. The van der Waals surface area contributed by atoms with Crippen molar-refractivity contribution in [3.05, 3.63) is 102 Å². The molecule has 0 aliphatic carbocycles. The molecule has 0 unspecified atom stereocenters. The van der Waals surface area contributed by atoms with Gasteiger partial charge < -0.3 is 9.84 Å². The summed E-state index contributed by atoms with van der Waals surface area (Å²) in [5, 5.41) is 10.8. The minimum atomic E-state index is -0.690. The van der Waals surface area contributed by atoms with Crippen LogP contribution in [-0.2, 0) is 10.2 Å². The van der Waals surface area contributed by atoms with Gasteiger partial charge in [0.25, 0.3) is 0 Å². The van der Waals surface area contributed by atoms with Gasteiger partial charge in [-0.2, -0.15) is 0 Å². The average Bonchev–Trinajstić information content (AvgIpc) is 3.33. The van der Waals surface area contributed by atoms with E-state index >= 15 is 0 Å². The van der Waals surface area contributed by atoms with Crippen LogP contribution in [-0.4, -0.2) is 28.1 Å². The summed E-state index contributed by atoms with van der Waals surface area (Å²) >= 11 is 0. The third kappa shape index (κ3) is 2.72. The Labute approximate surface area is 163 Å². The van der Waals surface area contributed by atoms with Gasteiger partial charge in [-0.15, -0.1) is 0 Å². The maximum absolute atomic E-state index is 12.1. The summed E-state index contributed by atoms with van der Waals surface area (Å²) < 4.78 is 6.59. The summed E-state index contributed by atoms with van der Waals surface area (Å²) in [5.41, 5.74) is 1.45. The van der Waals surface area contributed by atoms with Crippen molar-refractivity contribution >= 4 is 11.8 Å². The molecule has 5 nitrogen and oxygen atoms in total. The van der Waals surface area contributed by atoms with Gasteiger partial charge in [-0.3, -0.25) is 4.57 Å². The van der Waals surface area contributed by atoms with Gasteiger partial charge in [0, 0.05) is 12.4 Å². The summed E-state index contributed by atoms with van der Waals surface area (Å²) in [7, 11) is 0.